The van der Waals surface area contributed by atoms with Gasteiger partial charge >= 0.3 is 0 Å². The Kier molecular flexibility index (Phi) is 4.45. The van der Waals surface area contributed by atoms with Crippen LogP contribution in [0.4, 0.5) is 5.13 Å². The zero-order valence-corrected chi connectivity index (χ0v) is 11.1. The average Bonchev–Trinajstić information content (AvgIpc) is 2.68. The number of hydrogen-bond acceptors (Lipinski definition) is 6. The van der Waals surface area contributed by atoms with E-state index in [4.69, 9.17) is 4.74 Å². The molecule has 0 radical (unpaired) electrons. The quantitative estimate of drug-likeness (QED) is 0.597. The Balaban J connectivity index is 3.16. The van der Waals surface area contributed by atoms with Gasteiger partial charge in [0.15, 0.2) is 5.13 Å². The third-order valence-electron chi connectivity index (χ3n) is 2.08. The summed E-state index contributed by atoms with van der Waals surface area (Å²) in [6.45, 7) is 1.75. The van der Waals surface area contributed by atoms with E-state index in [1.807, 2.05) is 19.0 Å². The standard InChI is InChI=1S/C10H15N3O3S/c1-5-7(13(14)15)6-8-9(16-4)11-10(17-8)12(2)3/h6H,5H2,1-4H3/b7-6+. The maximum Gasteiger partial charge on any atom is 0.247 e. The van der Waals surface area contributed by atoms with Gasteiger partial charge in [-0.1, -0.05) is 18.3 Å². The monoisotopic (exact) mass is 257 g/mol. The number of anilines is 1. The van der Waals surface area contributed by atoms with E-state index in [0.717, 1.165) is 5.13 Å². The molecule has 0 N–H and O–H groups in total. The first-order valence-corrected chi connectivity index (χ1v) is 5.88. The summed E-state index contributed by atoms with van der Waals surface area (Å²) in [5.41, 5.74) is 0.150. The predicted octanol–water partition coefficient (Wildman–Crippen LogP) is 2.25. The number of aromatic nitrogens is 1. The number of hydrogen-bond donors (Lipinski definition) is 0. The number of methoxy groups -OCH3 is 1. The van der Waals surface area contributed by atoms with Crippen LogP contribution in [0, 0.1) is 10.1 Å². The highest BCUT2D eigenvalue weighted by molar-refractivity contribution is 7.16. The van der Waals surface area contributed by atoms with Crippen LogP contribution >= 0.6 is 11.3 Å². The zero-order chi connectivity index (χ0) is 13.0. The van der Waals surface area contributed by atoms with Crippen LogP contribution < -0.4 is 9.64 Å². The Morgan fingerprint density at radius 2 is 2.29 bits per heavy atom. The highest BCUT2D eigenvalue weighted by Gasteiger charge is 2.15. The first-order chi connectivity index (χ1) is 7.99. The molecular formula is C10H15N3O3S. The largest absolute Gasteiger partial charge is 0.480 e. The van der Waals surface area contributed by atoms with Crippen LogP contribution in [0.25, 0.3) is 6.08 Å². The van der Waals surface area contributed by atoms with E-state index >= 15 is 0 Å². The van der Waals surface area contributed by atoms with E-state index in [0.29, 0.717) is 17.2 Å². The molecule has 0 aliphatic heterocycles. The molecule has 0 saturated heterocycles. The topological polar surface area (TPSA) is 68.5 Å². The molecule has 7 heteroatoms. The number of rotatable bonds is 5. The molecule has 0 spiro atoms. The van der Waals surface area contributed by atoms with Gasteiger partial charge in [0.1, 0.15) is 0 Å². The SMILES string of the molecule is CC/C(=C\c1sc(N(C)C)nc1OC)[N+](=O)[O-]. The van der Waals surface area contributed by atoms with Crippen LogP contribution in [-0.2, 0) is 0 Å². The molecule has 0 saturated carbocycles. The molecule has 94 valence electrons. The van der Waals surface area contributed by atoms with Gasteiger partial charge in [-0.25, -0.2) is 0 Å². The second kappa shape index (κ2) is 5.62. The third kappa shape index (κ3) is 3.16. The summed E-state index contributed by atoms with van der Waals surface area (Å²) in [5.74, 6) is 0.423. The smallest absolute Gasteiger partial charge is 0.247 e. The minimum absolute atomic E-state index is 0.150. The Hall–Kier alpha value is -1.63. The van der Waals surface area contributed by atoms with Crippen molar-refractivity contribution in [2.75, 3.05) is 26.1 Å². The van der Waals surface area contributed by atoms with Crippen LogP contribution in [0.1, 0.15) is 18.2 Å². The molecule has 6 nitrogen and oxygen atoms in total. The van der Waals surface area contributed by atoms with Crippen molar-refractivity contribution in [3.63, 3.8) is 0 Å². The third-order valence-corrected chi connectivity index (χ3v) is 3.23. The Morgan fingerprint density at radius 3 is 2.71 bits per heavy atom. The highest BCUT2D eigenvalue weighted by Crippen LogP contribution is 2.32. The summed E-state index contributed by atoms with van der Waals surface area (Å²) in [5, 5.41) is 11.5. The van der Waals surface area contributed by atoms with Crippen molar-refractivity contribution in [3.8, 4) is 5.88 Å². The summed E-state index contributed by atoms with van der Waals surface area (Å²) in [6.07, 6.45) is 1.88. The lowest BCUT2D eigenvalue weighted by molar-refractivity contribution is -0.425. The van der Waals surface area contributed by atoms with E-state index < -0.39 is 0 Å². The van der Waals surface area contributed by atoms with Gasteiger partial charge in [-0.15, -0.1) is 0 Å². The molecule has 1 aromatic rings. The Labute approximate surface area is 104 Å². The number of nitrogens with zero attached hydrogens (tertiary/aromatic N) is 3. The van der Waals surface area contributed by atoms with Gasteiger partial charge in [-0.05, 0) is 0 Å². The van der Waals surface area contributed by atoms with E-state index in [1.54, 1.807) is 6.92 Å². The molecular weight excluding hydrogens is 242 g/mol. The second-order valence-corrected chi connectivity index (χ2v) is 4.52. The first kappa shape index (κ1) is 13.4. The van der Waals surface area contributed by atoms with E-state index in [-0.39, 0.29) is 10.6 Å². The summed E-state index contributed by atoms with van der Waals surface area (Å²) in [4.78, 5) is 17.1. The minimum Gasteiger partial charge on any atom is -0.480 e. The number of ether oxygens (including phenoxy) is 1. The molecule has 0 atom stereocenters. The Bertz CT molecular complexity index is 440. The van der Waals surface area contributed by atoms with E-state index in [2.05, 4.69) is 4.98 Å². The van der Waals surface area contributed by atoms with Gasteiger partial charge in [-0.3, -0.25) is 10.1 Å². The average molecular weight is 257 g/mol. The molecule has 0 aliphatic rings. The van der Waals surface area contributed by atoms with E-state index in [1.165, 1.54) is 24.5 Å². The zero-order valence-electron chi connectivity index (χ0n) is 10.3. The molecule has 0 aromatic carbocycles. The van der Waals surface area contributed by atoms with Crippen LogP contribution in [0.5, 0.6) is 5.88 Å². The van der Waals surface area contributed by atoms with Crippen LogP contribution in [0.2, 0.25) is 0 Å². The maximum atomic E-state index is 10.7. The minimum atomic E-state index is -0.380. The van der Waals surface area contributed by atoms with Crippen LogP contribution in [0.3, 0.4) is 0 Å². The normalized spacial score (nSPS) is 11.4. The molecule has 0 fully saturated rings. The summed E-state index contributed by atoms with van der Waals surface area (Å²) in [7, 11) is 5.23. The molecule has 1 heterocycles. The molecule has 17 heavy (non-hydrogen) atoms. The first-order valence-electron chi connectivity index (χ1n) is 5.06. The van der Waals surface area contributed by atoms with Crippen LogP contribution in [0.15, 0.2) is 5.70 Å². The molecule has 0 aliphatic carbocycles. The van der Waals surface area contributed by atoms with Gasteiger partial charge in [0.25, 0.3) is 0 Å². The lowest BCUT2D eigenvalue weighted by atomic mass is 10.3. The maximum absolute atomic E-state index is 10.7. The van der Waals surface area contributed by atoms with Gasteiger partial charge in [0.2, 0.25) is 11.6 Å². The van der Waals surface area contributed by atoms with E-state index in [9.17, 15) is 10.1 Å². The molecule has 1 rings (SSSR count). The van der Waals surface area contributed by atoms with Gasteiger partial charge in [0, 0.05) is 26.6 Å². The highest BCUT2D eigenvalue weighted by atomic mass is 32.1. The fourth-order valence-corrected chi connectivity index (χ4v) is 2.09. The lowest BCUT2D eigenvalue weighted by Crippen LogP contribution is -2.07. The molecule has 0 unspecified atom stereocenters. The van der Waals surface area contributed by atoms with Gasteiger partial charge in [0.05, 0.1) is 16.9 Å². The number of allylic oxidation sites excluding steroid dienone is 1. The molecule has 0 bridgehead atoms. The number of thiazole rings is 1. The lowest BCUT2D eigenvalue weighted by Gasteiger charge is -2.04. The van der Waals surface area contributed by atoms with Gasteiger partial charge < -0.3 is 9.64 Å². The summed E-state index contributed by atoms with van der Waals surface area (Å²) >= 11 is 1.36. The molecule has 0 amide bonds. The van der Waals surface area contributed by atoms with Gasteiger partial charge in [-0.2, -0.15) is 4.98 Å². The second-order valence-electron chi connectivity index (χ2n) is 3.51. The van der Waals surface area contributed by atoms with Crippen molar-refractivity contribution in [1.29, 1.82) is 0 Å². The summed E-state index contributed by atoms with van der Waals surface area (Å²) < 4.78 is 5.11. The van der Waals surface area contributed by atoms with Crippen molar-refractivity contribution in [3.05, 3.63) is 20.7 Å². The van der Waals surface area contributed by atoms with Crippen molar-refractivity contribution < 1.29 is 9.66 Å². The van der Waals surface area contributed by atoms with Crippen LogP contribution in [-0.4, -0.2) is 31.1 Å². The Morgan fingerprint density at radius 1 is 1.65 bits per heavy atom. The fourth-order valence-electron chi connectivity index (χ4n) is 1.17. The van der Waals surface area contributed by atoms with Crippen molar-refractivity contribution >= 4 is 22.5 Å². The van der Waals surface area contributed by atoms with Crippen molar-refractivity contribution in [2.24, 2.45) is 0 Å². The van der Waals surface area contributed by atoms with Crippen molar-refractivity contribution in [1.82, 2.24) is 4.98 Å². The molecule has 1 aromatic heterocycles. The predicted molar refractivity (Wildman–Crippen MR) is 68.3 cm³/mol. The van der Waals surface area contributed by atoms with Crippen molar-refractivity contribution in [2.45, 2.75) is 13.3 Å². The number of nitro groups is 1. The summed E-state index contributed by atoms with van der Waals surface area (Å²) in [6, 6.07) is 0. The fraction of sp³-hybridized carbons (Fsp3) is 0.500.